The van der Waals surface area contributed by atoms with Gasteiger partial charge < -0.3 is 0 Å². The van der Waals surface area contributed by atoms with Gasteiger partial charge in [0.15, 0.2) is 0 Å². The van der Waals surface area contributed by atoms with Crippen LogP contribution >= 0.6 is 0 Å². The molecule has 0 unspecified atom stereocenters. The Labute approximate surface area is 143 Å². The predicted octanol–water partition coefficient (Wildman–Crippen LogP) is 2.36. The molecule has 2 bridgehead atoms. The van der Waals surface area contributed by atoms with Crippen LogP contribution < -0.4 is 11.4 Å². The van der Waals surface area contributed by atoms with Crippen LogP contribution in [0, 0.1) is 10.8 Å². The summed E-state index contributed by atoms with van der Waals surface area (Å²) in [5, 5.41) is 0. The van der Waals surface area contributed by atoms with Gasteiger partial charge in [-0.3, -0.25) is 0 Å². The topological polar surface area (TPSA) is 48.9 Å². The van der Waals surface area contributed by atoms with Gasteiger partial charge in [0.1, 0.15) is 0 Å². The highest BCUT2D eigenvalue weighted by Gasteiger charge is 2.67. The summed E-state index contributed by atoms with van der Waals surface area (Å²) in [5.41, 5.74) is 0.00473. The van der Waals surface area contributed by atoms with Gasteiger partial charge in [-0.2, -0.15) is 0 Å². The Kier molecular flexibility index (Phi) is 2.18. The predicted molar refractivity (Wildman–Crippen MR) is 93.9 cm³/mol. The highest BCUT2D eigenvalue weighted by molar-refractivity contribution is 5.43. The van der Waals surface area contributed by atoms with E-state index >= 15 is 0 Å². The third-order valence-corrected chi connectivity index (χ3v) is 6.70. The van der Waals surface area contributed by atoms with Crippen molar-refractivity contribution in [2.45, 2.75) is 24.9 Å². The standard InChI is InChI=1S/C20H17N3O2/c24-17-21(14-6-2-1-3-7-14)18(25)23-16-9-8-15(22(17)23)19-10-4-5-11-20(16,19)13-12-19/h1-9,12-13,15-16H,10-11H2/t15-,16-,19-,20+/m0/s1. The average molecular weight is 331 g/mol. The van der Waals surface area contributed by atoms with Gasteiger partial charge >= 0.3 is 11.4 Å². The van der Waals surface area contributed by atoms with Gasteiger partial charge in [0, 0.05) is 10.8 Å². The molecule has 0 N–H and O–H groups in total. The van der Waals surface area contributed by atoms with Crippen molar-refractivity contribution in [1.29, 1.82) is 0 Å². The van der Waals surface area contributed by atoms with E-state index in [0.29, 0.717) is 5.69 Å². The van der Waals surface area contributed by atoms with Gasteiger partial charge in [-0.05, 0) is 25.0 Å². The van der Waals surface area contributed by atoms with Crippen molar-refractivity contribution < 1.29 is 0 Å². The molecular formula is C20H17N3O2. The Morgan fingerprint density at radius 1 is 0.800 bits per heavy atom. The molecule has 0 fully saturated rings. The number of benzene rings is 1. The first-order chi connectivity index (χ1) is 12.2. The number of rotatable bonds is 1. The lowest BCUT2D eigenvalue weighted by molar-refractivity contribution is -0.0513. The largest absolute Gasteiger partial charge is 0.352 e. The Bertz CT molecular complexity index is 1050. The number of allylic oxidation sites excluding steroid dienone is 6. The van der Waals surface area contributed by atoms with Crippen molar-refractivity contribution in [3.8, 4) is 5.69 Å². The minimum absolute atomic E-state index is 0.0691. The van der Waals surface area contributed by atoms with E-state index in [4.69, 9.17) is 0 Å². The summed E-state index contributed by atoms with van der Waals surface area (Å²) in [6, 6.07) is 9.00. The van der Waals surface area contributed by atoms with Gasteiger partial charge in [0.25, 0.3) is 0 Å². The van der Waals surface area contributed by atoms with Gasteiger partial charge in [-0.15, -0.1) is 0 Å². The smallest absolute Gasteiger partial charge is 0.245 e. The summed E-state index contributed by atoms with van der Waals surface area (Å²) >= 11 is 0. The van der Waals surface area contributed by atoms with Crippen molar-refractivity contribution in [1.82, 2.24) is 13.9 Å². The second-order valence-corrected chi connectivity index (χ2v) is 7.49. The van der Waals surface area contributed by atoms with Crippen LogP contribution in [0.5, 0.6) is 0 Å². The van der Waals surface area contributed by atoms with Crippen molar-refractivity contribution in [2.24, 2.45) is 10.8 Å². The molecule has 0 spiro atoms. The summed E-state index contributed by atoms with van der Waals surface area (Å²) in [4.78, 5) is 26.4. The van der Waals surface area contributed by atoms with Crippen molar-refractivity contribution in [2.75, 3.05) is 0 Å². The Balaban J connectivity index is 1.68. The molecule has 124 valence electrons. The maximum Gasteiger partial charge on any atom is 0.352 e. The molecule has 0 amide bonds. The monoisotopic (exact) mass is 331 g/mol. The number of aromatic nitrogens is 3. The SMILES string of the molecule is O=c1n(-c2ccccc2)c(=O)n2n1[C@H]1C=C[C@H]2[C@]23C=C[C@]12CC=CC3. The Morgan fingerprint density at radius 2 is 1.32 bits per heavy atom. The first-order valence-corrected chi connectivity index (χ1v) is 8.75. The summed E-state index contributed by atoms with van der Waals surface area (Å²) < 4.78 is 4.70. The van der Waals surface area contributed by atoms with E-state index in [1.54, 1.807) is 9.36 Å². The van der Waals surface area contributed by atoms with Crippen LogP contribution in [-0.2, 0) is 0 Å². The lowest BCUT2D eigenvalue weighted by Crippen LogP contribution is -2.64. The second kappa shape index (κ2) is 4.04. The number of hydrogen-bond donors (Lipinski definition) is 0. The lowest BCUT2D eigenvalue weighted by Gasteiger charge is -2.65. The molecule has 1 aromatic heterocycles. The zero-order valence-electron chi connectivity index (χ0n) is 13.6. The minimum Gasteiger partial charge on any atom is -0.245 e. The molecule has 3 heterocycles. The first kappa shape index (κ1) is 13.5. The summed E-state index contributed by atoms with van der Waals surface area (Å²) in [6.07, 6.45) is 15.1. The molecule has 1 aromatic carbocycles. The molecule has 0 saturated carbocycles. The Hall–Kier alpha value is -2.82. The van der Waals surface area contributed by atoms with E-state index in [9.17, 15) is 9.59 Å². The molecule has 0 saturated heterocycles. The molecule has 5 heteroatoms. The fourth-order valence-electron chi connectivity index (χ4n) is 5.50. The van der Waals surface area contributed by atoms with Gasteiger partial charge in [0.05, 0.1) is 17.8 Å². The number of hydrogen-bond acceptors (Lipinski definition) is 2. The van der Waals surface area contributed by atoms with E-state index in [1.807, 2.05) is 30.3 Å². The van der Waals surface area contributed by atoms with Gasteiger partial charge in [-0.1, -0.05) is 54.7 Å². The molecule has 5 aliphatic rings. The Morgan fingerprint density at radius 3 is 1.80 bits per heavy atom. The fraction of sp³-hybridized carbons (Fsp3) is 0.300. The summed E-state index contributed by atoms with van der Waals surface area (Å²) in [6.45, 7) is 0. The average Bonchev–Trinajstić information content (AvgIpc) is 2.90. The van der Waals surface area contributed by atoms with E-state index in [-0.39, 0.29) is 34.3 Å². The quantitative estimate of drug-likeness (QED) is 0.753. The fourth-order valence-corrected chi connectivity index (χ4v) is 5.50. The van der Waals surface area contributed by atoms with E-state index in [0.717, 1.165) is 12.8 Å². The molecule has 0 radical (unpaired) electrons. The third kappa shape index (κ3) is 1.24. The van der Waals surface area contributed by atoms with Crippen LogP contribution in [0.3, 0.4) is 0 Å². The molecule has 5 nitrogen and oxygen atoms in total. The molecule has 7 rings (SSSR count). The van der Waals surface area contributed by atoms with E-state index in [2.05, 4.69) is 36.5 Å². The molecule has 2 aliphatic heterocycles. The van der Waals surface area contributed by atoms with Gasteiger partial charge in [-0.25, -0.2) is 23.5 Å². The molecule has 4 atom stereocenters. The van der Waals surface area contributed by atoms with Crippen molar-refractivity contribution in [3.05, 3.63) is 87.8 Å². The summed E-state index contributed by atoms with van der Waals surface area (Å²) in [5.74, 6) is 0. The highest BCUT2D eigenvalue weighted by atomic mass is 16.2. The number of nitrogens with zero attached hydrogens (tertiary/aromatic N) is 3. The molecule has 25 heavy (non-hydrogen) atoms. The normalized spacial score (nSPS) is 35.8. The van der Waals surface area contributed by atoms with Crippen LogP contribution in [0.15, 0.2) is 76.4 Å². The molecule has 2 aromatic rings. The molecule has 3 aliphatic carbocycles. The maximum absolute atomic E-state index is 13.2. The third-order valence-electron chi connectivity index (χ3n) is 6.70. The lowest BCUT2D eigenvalue weighted by atomic mass is 9.43. The van der Waals surface area contributed by atoms with Crippen molar-refractivity contribution in [3.63, 3.8) is 0 Å². The second-order valence-electron chi connectivity index (χ2n) is 7.49. The maximum atomic E-state index is 13.2. The number of para-hydroxylation sites is 1. The molecular weight excluding hydrogens is 314 g/mol. The first-order valence-electron chi connectivity index (χ1n) is 8.75. The van der Waals surface area contributed by atoms with Gasteiger partial charge in [0.2, 0.25) is 0 Å². The van der Waals surface area contributed by atoms with Crippen LogP contribution in [0.2, 0.25) is 0 Å². The van der Waals surface area contributed by atoms with Crippen LogP contribution in [0.25, 0.3) is 5.69 Å². The van der Waals surface area contributed by atoms with Crippen LogP contribution in [0.1, 0.15) is 24.9 Å². The minimum atomic E-state index is -0.242. The zero-order chi connectivity index (χ0) is 16.8. The van der Waals surface area contributed by atoms with Crippen LogP contribution in [-0.4, -0.2) is 13.9 Å². The van der Waals surface area contributed by atoms with E-state index in [1.165, 1.54) is 4.57 Å². The van der Waals surface area contributed by atoms with Crippen molar-refractivity contribution >= 4 is 0 Å². The highest BCUT2D eigenvalue weighted by Crippen LogP contribution is 2.71. The summed E-state index contributed by atoms with van der Waals surface area (Å²) in [7, 11) is 0. The van der Waals surface area contributed by atoms with E-state index < -0.39 is 0 Å². The van der Waals surface area contributed by atoms with Crippen LogP contribution in [0.4, 0.5) is 0 Å². The zero-order valence-corrected chi connectivity index (χ0v) is 13.6.